The van der Waals surface area contributed by atoms with Gasteiger partial charge in [-0.1, -0.05) is 57.5 Å². The molecule has 1 heterocycles. The topological polar surface area (TPSA) is 108 Å². The van der Waals surface area contributed by atoms with Crippen molar-refractivity contribution in [3.63, 3.8) is 0 Å². The van der Waals surface area contributed by atoms with Crippen molar-refractivity contribution < 1.29 is 19.1 Å². The SMILES string of the molecule is COC(=O)[C@@H]1C(=O)NC(SCC(=O)Nc2cccc(Cl)c2)=C(C#N)[C@H]1c1cccc(Br)c1. The second-order valence-corrected chi connectivity index (χ2v) is 9.06. The highest BCUT2D eigenvalue weighted by Crippen LogP contribution is 2.40. The number of carbonyl (C=O) groups excluding carboxylic acids is 3. The highest BCUT2D eigenvalue weighted by Gasteiger charge is 2.44. The van der Waals surface area contributed by atoms with E-state index in [1.165, 1.54) is 7.11 Å². The smallest absolute Gasteiger partial charge is 0.319 e. The fourth-order valence-electron chi connectivity index (χ4n) is 3.28. The molecule has 0 unspecified atom stereocenters. The van der Waals surface area contributed by atoms with Gasteiger partial charge in [-0.25, -0.2) is 0 Å². The lowest BCUT2D eigenvalue weighted by Gasteiger charge is -2.31. The van der Waals surface area contributed by atoms with Crippen molar-refractivity contribution in [3.8, 4) is 6.07 Å². The zero-order chi connectivity index (χ0) is 23.3. The molecule has 2 N–H and O–H groups in total. The zero-order valence-electron chi connectivity index (χ0n) is 16.7. The predicted octanol–water partition coefficient (Wildman–Crippen LogP) is 4.21. The highest BCUT2D eigenvalue weighted by atomic mass is 79.9. The molecule has 0 bridgehead atoms. The number of hydrogen-bond donors (Lipinski definition) is 2. The Labute approximate surface area is 202 Å². The molecule has 0 aliphatic carbocycles. The van der Waals surface area contributed by atoms with E-state index < -0.39 is 23.7 Å². The summed E-state index contributed by atoms with van der Waals surface area (Å²) in [7, 11) is 1.19. The molecule has 3 rings (SSSR count). The molecule has 0 aromatic heterocycles. The number of methoxy groups -OCH3 is 1. The van der Waals surface area contributed by atoms with E-state index >= 15 is 0 Å². The molecule has 2 aromatic rings. The number of nitrogens with zero attached hydrogens (tertiary/aromatic N) is 1. The number of carbonyl (C=O) groups is 3. The van der Waals surface area contributed by atoms with Crippen LogP contribution in [0.25, 0.3) is 0 Å². The van der Waals surface area contributed by atoms with Crippen molar-refractivity contribution in [2.45, 2.75) is 5.92 Å². The Balaban J connectivity index is 1.89. The Morgan fingerprint density at radius 2 is 2.03 bits per heavy atom. The van der Waals surface area contributed by atoms with Gasteiger partial charge in [-0.15, -0.1) is 0 Å². The summed E-state index contributed by atoms with van der Waals surface area (Å²) in [5.41, 5.74) is 1.31. The molecule has 32 heavy (non-hydrogen) atoms. The molecular formula is C22H17BrClN3O4S. The fraction of sp³-hybridized carbons (Fsp3) is 0.182. The van der Waals surface area contributed by atoms with Crippen LogP contribution in [-0.4, -0.2) is 30.6 Å². The molecule has 0 saturated heterocycles. The van der Waals surface area contributed by atoms with E-state index in [4.69, 9.17) is 16.3 Å². The third-order valence-corrected chi connectivity index (χ3v) is 6.39. The van der Waals surface area contributed by atoms with Crippen molar-refractivity contribution >= 4 is 62.8 Å². The normalized spacial score (nSPS) is 17.9. The van der Waals surface area contributed by atoms with Crippen LogP contribution in [0, 0.1) is 17.2 Å². The van der Waals surface area contributed by atoms with E-state index in [1.807, 2.05) is 0 Å². The van der Waals surface area contributed by atoms with Gasteiger partial charge in [0.2, 0.25) is 11.8 Å². The summed E-state index contributed by atoms with van der Waals surface area (Å²) in [5.74, 6) is -3.83. The second-order valence-electron chi connectivity index (χ2n) is 6.72. The van der Waals surface area contributed by atoms with Gasteiger partial charge in [0.15, 0.2) is 0 Å². The molecule has 1 aliphatic heterocycles. The number of nitrogens with one attached hydrogen (secondary N) is 2. The zero-order valence-corrected chi connectivity index (χ0v) is 19.9. The molecule has 2 aromatic carbocycles. The largest absolute Gasteiger partial charge is 0.468 e. The van der Waals surface area contributed by atoms with Crippen LogP contribution in [0.5, 0.6) is 0 Å². The number of thioether (sulfide) groups is 1. The maximum absolute atomic E-state index is 12.8. The molecule has 1 aliphatic rings. The molecule has 0 radical (unpaired) electrons. The lowest BCUT2D eigenvalue weighted by molar-refractivity contribution is -0.150. The van der Waals surface area contributed by atoms with E-state index in [1.54, 1.807) is 48.5 Å². The van der Waals surface area contributed by atoms with Crippen molar-refractivity contribution in [2.75, 3.05) is 18.2 Å². The number of halogens is 2. The maximum Gasteiger partial charge on any atom is 0.319 e. The van der Waals surface area contributed by atoms with Crippen LogP contribution in [0.15, 0.2) is 63.6 Å². The van der Waals surface area contributed by atoms with Gasteiger partial charge in [-0.05, 0) is 35.9 Å². The van der Waals surface area contributed by atoms with Crippen LogP contribution in [0.2, 0.25) is 5.02 Å². The second kappa shape index (κ2) is 10.7. The minimum absolute atomic E-state index is 0.0681. The van der Waals surface area contributed by atoms with Gasteiger partial charge in [0.1, 0.15) is 5.92 Å². The molecule has 0 spiro atoms. The quantitative estimate of drug-likeness (QED) is 0.425. The molecule has 2 amide bonds. The van der Waals surface area contributed by atoms with Crippen molar-refractivity contribution in [3.05, 3.63) is 74.2 Å². The van der Waals surface area contributed by atoms with E-state index in [9.17, 15) is 19.6 Å². The van der Waals surface area contributed by atoms with Gasteiger partial charge >= 0.3 is 5.97 Å². The van der Waals surface area contributed by atoms with Crippen LogP contribution in [0.3, 0.4) is 0 Å². The maximum atomic E-state index is 12.8. The number of ether oxygens (including phenoxy) is 1. The number of benzene rings is 2. The summed E-state index contributed by atoms with van der Waals surface area (Å²) in [4.78, 5) is 37.6. The average Bonchev–Trinajstić information content (AvgIpc) is 2.76. The number of esters is 1. The lowest BCUT2D eigenvalue weighted by atomic mass is 9.78. The molecule has 7 nitrogen and oxygen atoms in total. The van der Waals surface area contributed by atoms with Gasteiger partial charge in [0.05, 0.1) is 29.5 Å². The molecule has 164 valence electrons. The number of allylic oxidation sites excluding steroid dienone is 1. The van der Waals surface area contributed by atoms with Gasteiger partial charge in [0, 0.05) is 21.1 Å². The van der Waals surface area contributed by atoms with Crippen LogP contribution in [0.4, 0.5) is 5.69 Å². The van der Waals surface area contributed by atoms with Crippen LogP contribution >= 0.6 is 39.3 Å². The van der Waals surface area contributed by atoms with E-state index in [0.29, 0.717) is 16.3 Å². The molecule has 0 saturated carbocycles. The number of rotatable bonds is 6. The Kier molecular flexibility index (Phi) is 7.96. The van der Waals surface area contributed by atoms with Crippen LogP contribution in [-0.2, 0) is 19.1 Å². The number of amides is 2. The molecule has 10 heteroatoms. The fourth-order valence-corrected chi connectivity index (χ4v) is 4.74. The first-order valence-electron chi connectivity index (χ1n) is 9.30. The summed E-state index contributed by atoms with van der Waals surface area (Å²) in [6.45, 7) is 0. The minimum atomic E-state index is -1.23. The lowest BCUT2D eigenvalue weighted by Crippen LogP contribution is -2.44. The first-order valence-corrected chi connectivity index (χ1v) is 11.5. The van der Waals surface area contributed by atoms with Gasteiger partial charge in [0.25, 0.3) is 0 Å². The highest BCUT2D eigenvalue weighted by molar-refractivity contribution is 9.10. The van der Waals surface area contributed by atoms with Crippen molar-refractivity contribution in [1.29, 1.82) is 5.26 Å². The number of hydrogen-bond acceptors (Lipinski definition) is 6. The third-order valence-electron chi connectivity index (χ3n) is 4.65. The first kappa shape index (κ1) is 23.9. The Hall–Kier alpha value is -2.80. The third kappa shape index (κ3) is 5.51. The van der Waals surface area contributed by atoms with E-state index in [-0.39, 0.29) is 22.3 Å². The standard InChI is InChI=1S/C22H17BrClN3O4S/c1-31-22(30)19-18(12-4-2-5-13(23)8-12)16(10-25)21(27-20(19)29)32-11-17(28)26-15-7-3-6-14(24)9-15/h2-9,18-19H,11H2,1H3,(H,26,28)(H,27,29)/t18-,19+/m1/s1. The predicted molar refractivity (Wildman–Crippen MR) is 126 cm³/mol. The van der Waals surface area contributed by atoms with Gasteiger partial charge in [-0.2, -0.15) is 5.26 Å². The van der Waals surface area contributed by atoms with Crippen LogP contribution in [0.1, 0.15) is 11.5 Å². The average molecular weight is 535 g/mol. The Morgan fingerprint density at radius 3 is 2.69 bits per heavy atom. The summed E-state index contributed by atoms with van der Waals surface area (Å²) in [5, 5.41) is 15.9. The minimum Gasteiger partial charge on any atom is -0.468 e. The summed E-state index contributed by atoms with van der Waals surface area (Å²) in [6, 6.07) is 15.8. The van der Waals surface area contributed by atoms with E-state index in [0.717, 1.165) is 16.2 Å². The summed E-state index contributed by atoms with van der Waals surface area (Å²) in [6.07, 6.45) is 0. The van der Waals surface area contributed by atoms with E-state index in [2.05, 4.69) is 32.6 Å². The summed E-state index contributed by atoms with van der Waals surface area (Å²) < 4.78 is 5.55. The van der Waals surface area contributed by atoms with Crippen LogP contribution < -0.4 is 10.6 Å². The first-order chi connectivity index (χ1) is 15.3. The molecular weight excluding hydrogens is 518 g/mol. The Bertz CT molecular complexity index is 1150. The number of nitriles is 1. The van der Waals surface area contributed by atoms with Gasteiger partial charge in [-0.3, -0.25) is 14.4 Å². The molecule has 0 fully saturated rings. The Morgan fingerprint density at radius 1 is 1.28 bits per heavy atom. The van der Waals surface area contributed by atoms with Gasteiger partial charge < -0.3 is 15.4 Å². The molecule has 2 atom stereocenters. The van der Waals surface area contributed by atoms with Crippen molar-refractivity contribution in [2.24, 2.45) is 5.92 Å². The monoisotopic (exact) mass is 533 g/mol. The van der Waals surface area contributed by atoms with Crippen molar-refractivity contribution in [1.82, 2.24) is 5.32 Å². The summed E-state index contributed by atoms with van der Waals surface area (Å²) >= 11 is 10.3. The number of anilines is 1.